The standard InChI is InChI=1S/C18H21NO2/c20-16-8-7-14-5-2-6-15(17(14)12-16)9-10-19-18(21)11-13-3-1-4-13/h2,5-8,12-13,20H,1,3-4,9-11H2,(H,19,21). The quantitative estimate of drug-likeness (QED) is 0.883. The molecule has 3 heteroatoms. The molecular formula is C18H21NO2. The second-order valence-corrected chi connectivity index (χ2v) is 5.92. The molecule has 0 unspecified atom stereocenters. The minimum absolute atomic E-state index is 0.169. The largest absolute Gasteiger partial charge is 0.508 e. The third-order valence-electron chi connectivity index (χ3n) is 4.37. The van der Waals surface area contributed by atoms with Crippen molar-refractivity contribution in [1.29, 1.82) is 0 Å². The van der Waals surface area contributed by atoms with Crippen molar-refractivity contribution in [2.24, 2.45) is 5.92 Å². The minimum Gasteiger partial charge on any atom is -0.508 e. The molecule has 2 aromatic rings. The van der Waals surface area contributed by atoms with Crippen molar-refractivity contribution in [2.75, 3.05) is 6.54 Å². The van der Waals surface area contributed by atoms with Gasteiger partial charge in [-0.15, -0.1) is 0 Å². The lowest BCUT2D eigenvalue weighted by Gasteiger charge is -2.24. The summed E-state index contributed by atoms with van der Waals surface area (Å²) < 4.78 is 0. The summed E-state index contributed by atoms with van der Waals surface area (Å²) in [5, 5.41) is 14.8. The van der Waals surface area contributed by atoms with Crippen molar-refractivity contribution >= 4 is 16.7 Å². The van der Waals surface area contributed by atoms with Crippen LogP contribution in [0.5, 0.6) is 5.75 Å². The first-order chi connectivity index (χ1) is 10.2. The number of hydrogen-bond donors (Lipinski definition) is 2. The van der Waals surface area contributed by atoms with Crippen LogP contribution in [-0.2, 0) is 11.2 Å². The molecule has 2 N–H and O–H groups in total. The zero-order valence-electron chi connectivity index (χ0n) is 12.1. The number of phenols is 1. The van der Waals surface area contributed by atoms with Crippen LogP contribution in [0.1, 0.15) is 31.2 Å². The van der Waals surface area contributed by atoms with Gasteiger partial charge in [-0.2, -0.15) is 0 Å². The average molecular weight is 283 g/mol. The highest BCUT2D eigenvalue weighted by Crippen LogP contribution is 2.29. The summed E-state index contributed by atoms with van der Waals surface area (Å²) in [7, 11) is 0. The monoisotopic (exact) mass is 283 g/mol. The maximum Gasteiger partial charge on any atom is 0.220 e. The number of aromatic hydroxyl groups is 1. The molecule has 2 aromatic carbocycles. The van der Waals surface area contributed by atoms with Crippen molar-refractivity contribution in [2.45, 2.75) is 32.1 Å². The number of phenolic OH excluding ortho intramolecular Hbond substituents is 1. The summed E-state index contributed by atoms with van der Waals surface area (Å²) >= 11 is 0. The Balaban J connectivity index is 1.59. The van der Waals surface area contributed by atoms with Gasteiger partial charge in [0.1, 0.15) is 5.75 Å². The first-order valence-corrected chi connectivity index (χ1v) is 7.70. The first kappa shape index (κ1) is 13.9. The van der Waals surface area contributed by atoms with Crippen LogP contribution in [0.25, 0.3) is 10.8 Å². The summed E-state index contributed by atoms with van der Waals surface area (Å²) in [6.45, 7) is 0.653. The first-order valence-electron chi connectivity index (χ1n) is 7.70. The van der Waals surface area contributed by atoms with E-state index in [0.29, 0.717) is 18.9 Å². The second-order valence-electron chi connectivity index (χ2n) is 5.92. The van der Waals surface area contributed by atoms with Crippen LogP contribution in [0.4, 0.5) is 0 Å². The van der Waals surface area contributed by atoms with Crippen LogP contribution in [0.2, 0.25) is 0 Å². The Bertz CT molecular complexity index is 647. The van der Waals surface area contributed by atoms with Gasteiger partial charge in [-0.05, 0) is 53.6 Å². The van der Waals surface area contributed by atoms with Crippen molar-refractivity contribution in [1.82, 2.24) is 5.32 Å². The van der Waals surface area contributed by atoms with Crippen molar-refractivity contribution in [3.05, 3.63) is 42.0 Å². The Hall–Kier alpha value is -2.03. The number of amides is 1. The Labute approximate surface area is 125 Å². The van der Waals surface area contributed by atoms with Gasteiger partial charge in [-0.3, -0.25) is 4.79 Å². The zero-order chi connectivity index (χ0) is 14.7. The fraction of sp³-hybridized carbons (Fsp3) is 0.389. The van der Waals surface area contributed by atoms with E-state index in [-0.39, 0.29) is 11.7 Å². The van der Waals surface area contributed by atoms with E-state index in [1.807, 2.05) is 18.2 Å². The van der Waals surface area contributed by atoms with Crippen molar-refractivity contribution in [3.8, 4) is 5.75 Å². The smallest absolute Gasteiger partial charge is 0.220 e. The van der Waals surface area contributed by atoms with Gasteiger partial charge in [0, 0.05) is 13.0 Å². The Morgan fingerprint density at radius 3 is 2.86 bits per heavy atom. The molecular weight excluding hydrogens is 262 g/mol. The SMILES string of the molecule is O=C(CC1CCC1)NCCc1cccc2ccc(O)cc12. The number of fused-ring (bicyclic) bond motifs is 1. The van der Waals surface area contributed by atoms with Crippen LogP contribution >= 0.6 is 0 Å². The Morgan fingerprint density at radius 1 is 1.24 bits per heavy atom. The van der Waals surface area contributed by atoms with E-state index in [9.17, 15) is 9.90 Å². The summed E-state index contributed by atoms with van der Waals surface area (Å²) in [5.74, 6) is 1.06. The maximum atomic E-state index is 11.8. The number of hydrogen-bond acceptors (Lipinski definition) is 2. The molecule has 0 saturated heterocycles. The minimum atomic E-state index is 0.169. The number of rotatable bonds is 5. The molecule has 1 saturated carbocycles. The predicted octanol–water partition coefficient (Wildman–Crippen LogP) is 3.39. The van der Waals surface area contributed by atoms with Gasteiger partial charge in [0.2, 0.25) is 5.91 Å². The zero-order valence-corrected chi connectivity index (χ0v) is 12.1. The molecule has 3 nitrogen and oxygen atoms in total. The molecule has 1 aliphatic carbocycles. The third kappa shape index (κ3) is 3.35. The highest BCUT2D eigenvalue weighted by Gasteiger charge is 2.20. The molecule has 1 aliphatic rings. The van der Waals surface area contributed by atoms with Gasteiger partial charge in [0.15, 0.2) is 0 Å². The Kier molecular flexibility index (Phi) is 4.09. The van der Waals surface area contributed by atoms with E-state index in [1.165, 1.54) is 19.3 Å². The van der Waals surface area contributed by atoms with E-state index < -0.39 is 0 Å². The lowest BCUT2D eigenvalue weighted by Crippen LogP contribution is -2.29. The molecule has 0 spiro atoms. The normalized spacial score (nSPS) is 14.9. The van der Waals surface area contributed by atoms with Gasteiger partial charge in [0.25, 0.3) is 0 Å². The Morgan fingerprint density at radius 2 is 2.10 bits per heavy atom. The maximum absolute atomic E-state index is 11.8. The highest BCUT2D eigenvalue weighted by molar-refractivity contribution is 5.87. The lowest BCUT2D eigenvalue weighted by atomic mass is 9.83. The van der Waals surface area contributed by atoms with E-state index in [0.717, 1.165) is 22.8 Å². The van der Waals surface area contributed by atoms with Gasteiger partial charge >= 0.3 is 0 Å². The van der Waals surface area contributed by atoms with E-state index in [2.05, 4.69) is 11.4 Å². The van der Waals surface area contributed by atoms with E-state index >= 15 is 0 Å². The van der Waals surface area contributed by atoms with Gasteiger partial charge in [0.05, 0.1) is 0 Å². The van der Waals surface area contributed by atoms with Crippen LogP contribution in [0.15, 0.2) is 36.4 Å². The molecule has 21 heavy (non-hydrogen) atoms. The molecule has 1 fully saturated rings. The molecule has 0 atom stereocenters. The fourth-order valence-corrected chi connectivity index (χ4v) is 2.91. The fourth-order valence-electron chi connectivity index (χ4n) is 2.91. The van der Waals surface area contributed by atoms with Crippen molar-refractivity contribution in [3.63, 3.8) is 0 Å². The predicted molar refractivity (Wildman–Crippen MR) is 84.3 cm³/mol. The van der Waals surface area contributed by atoms with E-state index in [1.54, 1.807) is 12.1 Å². The molecule has 3 rings (SSSR count). The number of benzene rings is 2. The molecule has 110 valence electrons. The van der Waals surface area contributed by atoms with Gasteiger partial charge in [-0.25, -0.2) is 0 Å². The molecule has 0 aromatic heterocycles. The highest BCUT2D eigenvalue weighted by atomic mass is 16.3. The molecule has 1 amide bonds. The van der Waals surface area contributed by atoms with Crippen molar-refractivity contribution < 1.29 is 9.90 Å². The average Bonchev–Trinajstić information content (AvgIpc) is 2.43. The third-order valence-corrected chi connectivity index (χ3v) is 4.37. The summed E-state index contributed by atoms with van der Waals surface area (Å²) in [5.41, 5.74) is 1.16. The molecule has 0 aliphatic heterocycles. The topological polar surface area (TPSA) is 49.3 Å². The van der Waals surface area contributed by atoms with Crippen LogP contribution in [0, 0.1) is 5.92 Å². The summed E-state index contributed by atoms with van der Waals surface area (Å²) in [4.78, 5) is 11.8. The summed E-state index contributed by atoms with van der Waals surface area (Å²) in [6.07, 6.45) is 5.15. The number of carbonyl (C=O) groups is 1. The van der Waals surface area contributed by atoms with Crippen LogP contribution < -0.4 is 5.32 Å². The molecule has 0 radical (unpaired) electrons. The number of carbonyl (C=O) groups excluding carboxylic acids is 1. The van der Waals surface area contributed by atoms with Gasteiger partial charge in [-0.1, -0.05) is 30.7 Å². The van der Waals surface area contributed by atoms with E-state index in [4.69, 9.17) is 0 Å². The lowest BCUT2D eigenvalue weighted by molar-refractivity contribution is -0.122. The van der Waals surface area contributed by atoms with Crippen LogP contribution in [0.3, 0.4) is 0 Å². The van der Waals surface area contributed by atoms with Gasteiger partial charge < -0.3 is 10.4 Å². The number of nitrogens with one attached hydrogen (secondary N) is 1. The molecule has 0 bridgehead atoms. The second kappa shape index (κ2) is 6.17. The van der Waals surface area contributed by atoms with Crippen LogP contribution in [-0.4, -0.2) is 17.6 Å². The molecule has 0 heterocycles. The summed E-state index contributed by atoms with van der Waals surface area (Å²) in [6, 6.07) is 11.5.